The first-order valence-electron chi connectivity index (χ1n) is 7.34. The van der Waals surface area contributed by atoms with Gasteiger partial charge in [-0.2, -0.15) is 0 Å². The lowest BCUT2D eigenvalue weighted by atomic mass is 10.0. The molecule has 0 aliphatic carbocycles. The highest BCUT2D eigenvalue weighted by molar-refractivity contribution is 6.31. The number of hydrogen-bond donors (Lipinski definition) is 1. The Hall–Kier alpha value is -1.92. The molecule has 0 amide bonds. The van der Waals surface area contributed by atoms with Crippen LogP contribution >= 0.6 is 11.6 Å². The number of anilines is 1. The van der Waals surface area contributed by atoms with Crippen molar-refractivity contribution in [2.75, 3.05) is 31.3 Å². The van der Waals surface area contributed by atoms with Gasteiger partial charge in [0.1, 0.15) is 18.5 Å². The fraction of sp³-hybridized carbons (Fsp3) is 0.375. The molecule has 1 saturated heterocycles. The number of aryl methyl sites for hydroxylation is 1. The second-order valence-electron chi connectivity index (χ2n) is 5.49. The lowest BCUT2D eigenvalue weighted by Crippen LogP contribution is -2.43. The third kappa shape index (κ3) is 3.38. The van der Waals surface area contributed by atoms with E-state index in [2.05, 4.69) is 10.2 Å². The molecule has 1 aromatic heterocycles. The summed E-state index contributed by atoms with van der Waals surface area (Å²) in [5, 5.41) is 19.0. The van der Waals surface area contributed by atoms with E-state index >= 15 is 0 Å². The molecule has 23 heavy (non-hydrogen) atoms. The van der Waals surface area contributed by atoms with Crippen molar-refractivity contribution >= 4 is 17.4 Å². The van der Waals surface area contributed by atoms with Crippen molar-refractivity contribution in [3.8, 4) is 17.0 Å². The van der Waals surface area contributed by atoms with Gasteiger partial charge in [0.15, 0.2) is 5.82 Å². The Labute approximate surface area is 138 Å². The Morgan fingerprint density at radius 3 is 2.87 bits per heavy atom. The van der Waals surface area contributed by atoms with E-state index in [-0.39, 0.29) is 5.75 Å². The van der Waals surface area contributed by atoms with Gasteiger partial charge in [-0.25, -0.2) is 4.39 Å². The third-order valence-corrected chi connectivity index (χ3v) is 4.04. The predicted octanol–water partition coefficient (Wildman–Crippen LogP) is 2.99. The van der Waals surface area contributed by atoms with E-state index in [0.29, 0.717) is 41.8 Å². The molecule has 0 bridgehead atoms. The number of rotatable bonds is 3. The van der Waals surface area contributed by atoms with Crippen LogP contribution in [-0.4, -0.2) is 47.8 Å². The van der Waals surface area contributed by atoms with Gasteiger partial charge in [-0.15, -0.1) is 10.2 Å². The Morgan fingerprint density at radius 2 is 2.22 bits per heavy atom. The number of alkyl halides is 1. The summed E-state index contributed by atoms with van der Waals surface area (Å²) in [6, 6.07) is 6.85. The van der Waals surface area contributed by atoms with Crippen molar-refractivity contribution in [2.45, 2.75) is 13.0 Å². The number of phenols is 1. The molecule has 5 nitrogen and oxygen atoms in total. The summed E-state index contributed by atoms with van der Waals surface area (Å²) in [4.78, 5) is 1.94. The molecule has 2 heterocycles. The molecule has 0 radical (unpaired) electrons. The molecular weight excluding hydrogens is 321 g/mol. The summed E-state index contributed by atoms with van der Waals surface area (Å²) in [5.74, 6) is 0.738. The summed E-state index contributed by atoms with van der Waals surface area (Å²) in [6.45, 7) is 2.91. The first kappa shape index (κ1) is 16.0. The zero-order valence-corrected chi connectivity index (χ0v) is 13.4. The van der Waals surface area contributed by atoms with Gasteiger partial charge in [0.2, 0.25) is 0 Å². The van der Waals surface area contributed by atoms with Crippen molar-refractivity contribution in [1.29, 1.82) is 0 Å². The maximum absolute atomic E-state index is 12.7. The fourth-order valence-electron chi connectivity index (χ4n) is 2.71. The summed E-state index contributed by atoms with van der Waals surface area (Å²) in [7, 11) is 0. The van der Waals surface area contributed by atoms with E-state index in [1.165, 1.54) is 6.07 Å². The number of benzene rings is 1. The van der Waals surface area contributed by atoms with E-state index in [0.717, 1.165) is 5.56 Å². The minimum Gasteiger partial charge on any atom is -0.507 e. The molecule has 0 spiro atoms. The molecule has 0 unspecified atom stereocenters. The minimum absolute atomic E-state index is 0.0703. The Kier molecular flexibility index (Phi) is 4.63. The van der Waals surface area contributed by atoms with Gasteiger partial charge in [-0.3, -0.25) is 0 Å². The highest BCUT2D eigenvalue weighted by Gasteiger charge is 2.22. The monoisotopic (exact) mass is 337 g/mol. The number of hydrogen-bond acceptors (Lipinski definition) is 5. The number of morpholine rings is 1. The molecular formula is C16H17ClFN3O2. The highest BCUT2D eigenvalue weighted by atomic mass is 35.5. The van der Waals surface area contributed by atoms with E-state index < -0.39 is 12.8 Å². The van der Waals surface area contributed by atoms with Crippen LogP contribution in [0.25, 0.3) is 11.3 Å². The smallest absolute Gasteiger partial charge is 0.151 e. The topological polar surface area (TPSA) is 58.5 Å². The molecule has 0 saturated carbocycles. The van der Waals surface area contributed by atoms with Gasteiger partial charge in [-0.05, 0) is 36.8 Å². The molecule has 1 aliphatic heterocycles. The van der Waals surface area contributed by atoms with Crippen LogP contribution in [0.4, 0.5) is 10.2 Å². The van der Waals surface area contributed by atoms with E-state index in [1.807, 2.05) is 17.9 Å². The summed E-state index contributed by atoms with van der Waals surface area (Å²) in [5.41, 5.74) is 1.99. The van der Waals surface area contributed by atoms with Crippen LogP contribution in [0.5, 0.6) is 5.75 Å². The molecule has 1 aromatic carbocycles. The predicted molar refractivity (Wildman–Crippen MR) is 86.8 cm³/mol. The van der Waals surface area contributed by atoms with Crippen LogP contribution in [0.3, 0.4) is 0 Å². The largest absolute Gasteiger partial charge is 0.507 e. The third-order valence-electron chi connectivity index (χ3n) is 3.82. The zero-order valence-electron chi connectivity index (χ0n) is 12.7. The molecule has 1 fully saturated rings. The maximum Gasteiger partial charge on any atom is 0.151 e. The van der Waals surface area contributed by atoms with Crippen LogP contribution in [-0.2, 0) is 4.74 Å². The lowest BCUT2D eigenvalue weighted by Gasteiger charge is -2.32. The van der Waals surface area contributed by atoms with Crippen LogP contribution in [0, 0.1) is 6.92 Å². The average molecular weight is 338 g/mol. The molecule has 7 heteroatoms. The summed E-state index contributed by atoms with van der Waals surface area (Å²) >= 11 is 5.92. The van der Waals surface area contributed by atoms with E-state index in [4.69, 9.17) is 16.3 Å². The molecule has 1 atom stereocenters. The van der Waals surface area contributed by atoms with Gasteiger partial charge in [0, 0.05) is 23.7 Å². The quantitative estimate of drug-likeness (QED) is 0.933. The number of nitrogens with zero attached hydrogens (tertiary/aromatic N) is 3. The molecule has 1 N–H and O–H groups in total. The lowest BCUT2D eigenvalue weighted by molar-refractivity contribution is 0.0244. The number of phenolic OH excluding ortho intramolecular Hbond substituents is 1. The number of aromatic nitrogens is 2. The summed E-state index contributed by atoms with van der Waals surface area (Å²) in [6.07, 6.45) is -0.423. The molecule has 3 rings (SSSR count). The van der Waals surface area contributed by atoms with Crippen LogP contribution in [0.1, 0.15) is 5.56 Å². The number of ether oxygens (including phenoxy) is 1. The second kappa shape index (κ2) is 6.68. The molecule has 2 aromatic rings. The first-order chi connectivity index (χ1) is 11.1. The standard InChI is InChI=1S/C16H17ClFN3O2/c1-10-6-11(17)7-14(22)16(10)13-2-3-15(20-19-13)21-4-5-23-12(8-18)9-21/h2-3,6-7,12,22H,4-5,8-9H2,1H3/t12-/m1/s1. The SMILES string of the molecule is Cc1cc(Cl)cc(O)c1-c1ccc(N2CCO[C@H](CF)C2)nn1. The van der Waals surface area contributed by atoms with Gasteiger partial charge in [0.25, 0.3) is 0 Å². The zero-order chi connectivity index (χ0) is 16.4. The molecule has 122 valence electrons. The van der Waals surface area contributed by atoms with Crippen molar-refractivity contribution in [1.82, 2.24) is 10.2 Å². The summed E-state index contributed by atoms with van der Waals surface area (Å²) < 4.78 is 18.1. The van der Waals surface area contributed by atoms with Crippen molar-refractivity contribution in [3.05, 3.63) is 34.9 Å². The van der Waals surface area contributed by atoms with Gasteiger partial charge >= 0.3 is 0 Å². The Morgan fingerprint density at radius 1 is 1.39 bits per heavy atom. The minimum atomic E-state index is -0.514. The fourth-order valence-corrected chi connectivity index (χ4v) is 2.97. The Balaban J connectivity index is 1.85. The van der Waals surface area contributed by atoms with Gasteiger partial charge < -0.3 is 14.7 Å². The van der Waals surface area contributed by atoms with E-state index in [1.54, 1.807) is 12.1 Å². The van der Waals surface area contributed by atoms with Crippen LogP contribution in [0.2, 0.25) is 5.02 Å². The number of halogens is 2. The number of aromatic hydroxyl groups is 1. The van der Waals surface area contributed by atoms with Crippen molar-refractivity contribution in [2.24, 2.45) is 0 Å². The highest BCUT2D eigenvalue weighted by Crippen LogP contribution is 2.34. The maximum atomic E-state index is 12.7. The normalized spacial score (nSPS) is 18.2. The second-order valence-corrected chi connectivity index (χ2v) is 5.92. The van der Waals surface area contributed by atoms with Crippen molar-refractivity contribution in [3.63, 3.8) is 0 Å². The van der Waals surface area contributed by atoms with Crippen LogP contribution in [0.15, 0.2) is 24.3 Å². The average Bonchev–Trinajstić information content (AvgIpc) is 2.54. The Bertz CT molecular complexity index is 673. The van der Waals surface area contributed by atoms with Gasteiger partial charge in [0.05, 0.1) is 12.3 Å². The van der Waals surface area contributed by atoms with E-state index in [9.17, 15) is 9.50 Å². The first-order valence-corrected chi connectivity index (χ1v) is 7.72. The van der Waals surface area contributed by atoms with Crippen molar-refractivity contribution < 1.29 is 14.2 Å². The van der Waals surface area contributed by atoms with Gasteiger partial charge in [-0.1, -0.05) is 11.6 Å². The molecule has 1 aliphatic rings. The van der Waals surface area contributed by atoms with Crippen LogP contribution < -0.4 is 4.90 Å².